The minimum Gasteiger partial charge on any atom is -0.491 e. The molecule has 1 aromatic rings. The summed E-state index contributed by atoms with van der Waals surface area (Å²) in [5.74, 6) is 0.680. The van der Waals surface area contributed by atoms with Crippen LogP contribution in [0.25, 0.3) is 0 Å². The number of nitrogens with one attached hydrogen (secondary N) is 2. The van der Waals surface area contributed by atoms with E-state index in [2.05, 4.69) is 10.6 Å². The van der Waals surface area contributed by atoms with E-state index in [4.69, 9.17) is 9.47 Å². The van der Waals surface area contributed by atoms with Gasteiger partial charge in [-0.05, 0) is 25.5 Å². The van der Waals surface area contributed by atoms with Gasteiger partial charge in [0.1, 0.15) is 5.75 Å². The Morgan fingerprint density at radius 2 is 2.11 bits per heavy atom. The number of carbonyl (C=O) groups is 1. The SMILES string of the molecule is CCCOc1ccccc1NC(=O)NC(C)COC. The highest BCUT2D eigenvalue weighted by Crippen LogP contribution is 2.23. The van der Waals surface area contributed by atoms with Crippen molar-refractivity contribution in [1.29, 1.82) is 0 Å². The van der Waals surface area contributed by atoms with Crippen molar-refractivity contribution in [2.75, 3.05) is 25.6 Å². The number of hydrogen-bond acceptors (Lipinski definition) is 3. The summed E-state index contributed by atoms with van der Waals surface area (Å²) >= 11 is 0. The highest BCUT2D eigenvalue weighted by molar-refractivity contribution is 5.91. The van der Waals surface area contributed by atoms with Crippen molar-refractivity contribution < 1.29 is 14.3 Å². The van der Waals surface area contributed by atoms with Crippen LogP contribution < -0.4 is 15.4 Å². The molecule has 0 aliphatic rings. The largest absolute Gasteiger partial charge is 0.491 e. The van der Waals surface area contributed by atoms with Crippen molar-refractivity contribution in [3.63, 3.8) is 0 Å². The minimum atomic E-state index is -0.267. The van der Waals surface area contributed by atoms with E-state index in [9.17, 15) is 4.79 Å². The van der Waals surface area contributed by atoms with E-state index in [-0.39, 0.29) is 12.1 Å². The molecule has 0 aliphatic carbocycles. The van der Waals surface area contributed by atoms with Crippen molar-refractivity contribution in [2.24, 2.45) is 0 Å². The molecule has 0 aliphatic heterocycles. The quantitative estimate of drug-likeness (QED) is 0.797. The summed E-state index contributed by atoms with van der Waals surface area (Å²) in [6, 6.07) is 7.06. The summed E-state index contributed by atoms with van der Waals surface area (Å²) in [6.45, 7) is 5.01. The molecular formula is C14H22N2O3. The van der Waals surface area contributed by atoms with E-state index < -0.39 is 0 Å². The average Bonchev–Trinajstić information content (AvgIpc) is 2.37. The number of ether oxygens (including phenoxy) is 2. The van der Waals surface area contributed by atoms with Crippen LogP contribution in [0, 0.1) is 0 Å². The highest BCUT2D eigenvalue weighted by atomic mass is 16.5. The molecule has 0 bridgehead atoms. The Balaban J connectivity index is 2.58. The van der Waals surface area contributed by atoms with Gasteiger partial charge < -0.3 is 20.1 Å². The lowest BCUT2D eigenvalue weighted by Crippen LogP contribution is -2.38. The fraction of sp³-hybridized carbons (Fsp3) is 0.500. The lowest BCUT2D eigenvalue weighted by atomic mass is 10.3. The fourth-order valence-corrected chi connectivity index (χ4v) is 1.58. The monoisotopic (exact) mass is 266 g/mol. The smallest absolute Gasteiger partial charge is 0.319 e. The maximum absolute atomic E-state index is 11.8. The van der Waals surface area contributed by atoms with Gasteiger partial charge in [-0.1, -0.05) is 19.1 Å². The van der Waals surface area contributed by atoms with Crippen molar-refractivity contribution in [3.8, 4) is 5.75 Å². The van der Waals surface area contributed by atoms with E-state index in [1.807, 2.05) is 38.1 Å². The molecule has 0 aromatic heterocycles. The Kier molecular flexibility index (Phi) is 6.74. The molecule has 1 atom stereocenters. The van der Waals surface area contributed by atoms with Crippen LogP contribution in [-0.4, -0.2) is 32.4 Å². The lowest BCUT2D eigenvalue weighted by Gasteiger charge is -2.15. The molecule has 2 N–H and O–H groups in total. The molecule has 0 spiro atoms. The van der Waals surface area contributed by atoms with Gasteiger partial charge in [-0.25, -0.2) is 4.79 Å². The highest BCUT2D eigenvalue weighted by Gasteiger charge is 2.09. The first-order valence-corrected chi connectivity index (χ1v) is 6.45. The molecule has 0 fully saturated rings. The summed E-state index contributed by atoms with van der Waals surface area (Å²) in [6.07, 6.45) is 0.922. The second-order valence-corrected chi connectivity index (χ2v) is 4.30. The van der Waals surface area contributed by atoms with Gasteiger partial charge in [-0.15, -0.1) is 0 Å². The number of benzene rings is 1. The van der Waals surface area contributed by atoms with Gasteiger partial charge >= 0.3 is 6.03 Å². The molecule has 19 heavy (non-hydrogen) atoms. The maximum Gasteiger partial charge on any atom is 0.319 e. The van der Waals surface area contributed by atoms with Crippen molar-refractivity contribution in [3.05, 3.63) is 24.3 Å². The average molecular weight is 266 g/mol. The van der Waals surface area contributed by atoms with Crippen LogP contribution in [0.15, 0.2) is 24.3 Å². The summed E-state index contributed by atoms with van der Waals surface area (Å²) in [5.41, 5.74) is 0.665. The summed E-state index contributed by atoms with van der Waals surface area (Å²) in [7, 11) is 1.60. The molecular weight excluding hydrogens is 244 g/mol. The zero-order chi connectivity index (χ0) is 14.1. The van der Waals surface area contributed by atoms with E-state index in [0.717, 1.165) is 6.42 Å². The molecule has 1 aromatic carbocycles. The summed E-state index contributed by atoms with van der Waals surface area (Å²) < 4.78 is 10.5. The van der Waals surface area contributed by atoms with Gasteiger partial charge in [-0.2, -0.15) is 0 Å². The standard InChI is InChI=1S/C14H22N2O3/c1-4-9-19-13-8-6-5-7-12(13)16-14(17)15-11(2)10-18-3/h5-8,11H,4,9-10H2,1-3H3,(H2,15,16,17). The molecule has 5 heteroatoms. The van der Waals surface area contributed by atoms with Crippen LogP contribution in [-0.2, 0) is 4.74 Å². The molecule has 2 amide bonds. The zero-order valence-electron chi connectivity index (χ0n) is 11.7. The van der Waals surface area contributed by atoms with Crippen LogP contribution in [0.5, 0.6) is 5.75 Å². The molecule has 1 unspecified atom stereocenters. The number of anilines is 1. The Labute approximate surface area is 114 Å². The van der Waals surface area contributed by atoms with E-state index in [1.165, 1.54) is 0 Å². The molecule has 106 valence electrons. The number of urea groups is 1. The maximum atomic E-state index is 11.8. The van der Waals surface area contributed by atoms with Gasteiger partial charge in [0.25, 0.3) is 0 Å². The third-order valence-electron chi connectivity index (χ3n) is 2.39. The molecule has 5 nitrogen and oxygen atoms in total. The Hall–Kier alpha value is -1.75. The minimum absolute atomic E-state index is 0.0475. The van der Waals surface area contributed by atoms with E-state index >= 15 is 0 Å². The Morgan fingerprint density at radius 3 is 2.79 bits per heavy atom. The van der Waals surface area contributed by atoms with E-state index in [0.29, 0.717) is 24.7 Å². The number of rotatable bonds is 7. The number of para-hydroxylation sites is 2. The second kappa shape index (κ2) is 8.37. The second-order valence-electron chi connectivity index (χ2n) is 4.30. The summed E-state index contributed by atoms with van der Waals surface area (Å²) in [5, 5.41) is 5.56. The van der Waals surface area contributed by atoms with Crippen LogP contribution in [0.3, 0.4) is 0 Å². The Bertz CT molecular complexity index is 396. The molecule has 0 radical (unpaired) electrons. The topological polar surface area (TPSA) is 59.6 Å². The van der Waals surface area contributed by atoms with Crippen molar-refractivity contribution >= 4 is 11.7 Å². The lowest BCUT2D eigenvalue weighted by molar-refractivity contribution is 0.173. The van der Waals surface area contributed by atoms with Gasteiger partial charge in [-0.3, -0.25) is 0 Å². The fourth-order valence-electron chi connectivity index (χ4n) is 1.58. The molecule has 0 heterocycles. The van der Waals surface area contributed by atoms with Gasteiger partial charge in [0.2, 0.25) is 0 Å². The molecule has 0 saturated carbocycles. The van der Waals surface area contributed by atoms with Crippen LogP contribution in [0.4, 0.5) is 10.5 Å². The van der Waals surface area contributed by atoms with Gasteiger partial charge in [0, 0.05) is 7.11 Å². The predicted octanol–water partition coefficient (Wildman–Crippen LogP) is 2.63. The van der Waals surface area contributed by atoms with E-state index in [1.54, 1.807) is 7.11 Å². The zero-order valence-corrected chi connectivity index (χ0v) is 11.7. The van der Waals surface area contributed by atoms with Gasteiger partial charge in [0.05, 0.1) is 24.9 Å². The first kappa shape index (κ1) is 15.3. The third-order valence-corrected chi connectivity index (χ3v) is 2.39. The number of hydrogen-bond donors (Lipinski definition) is 2. The predicted molar refractivity (Wildman–Crippen MR) is 75.7 cm³/mol. The first-order valence-electron chi connectivity index (χ1n) is 6.45. The Morgan fingerprint density at radius 1 is 1.37 bits per heavy atom. The normalized spacial score (nSPS) is 11.7. The number of carbonyl (C=O) groups excluding carboxylic acids is 1. The third kappa shape index (κ3) is 5.61. The van der Waals surface area contributed by atoms with Crippen LogP contribution in [0.2, 0.25) is 0 Å². The first-order chi connectivity index (χ1) is 9.17. The van der Waals surface area contributed by atoms with Crippen LogP contribution >= 0.6 is 0 Å². The molecule has 1 rings (SSSR count). The van der Waals surface area contributed by atoms with Crippen molar-refractivity contribution in [2.45, 2.75) is 26.3 Å². The summed E-state index contributed by atoms with van der Waals surface area (Å²) in [4.78, 5) is 11.8. The molecule has 0 saturated heterocycles. The number of amides is 2. The van der Waals surface area contributed by atoms with Crippen LogP contribution in [0.1, 0.15) is 20.3 Å². The van der Waals surface area contributed by atoms with Crippen molar-refractivity contribution in [1.82, 2.24) is 5.32 Å². The number of methoxy groups -OCH3 is 1. The van der Waals surface area contributed by atoms with Gasteiger partial charge in [0.15, 0.2) is 0 Å².